The number of nitrogens with zero attached hydrogens (tertiary/aromatic N) is 1. The van der Waals surface area contributed by atoms with Crippen LogP contribution in [-0.4, -0.2) is 34.2 Å². The van der Waals surface area contributed by atoms with E-state index >= 15 is 0 Å². The van der Waals surface area contributed by atoms with Gasteiger partial charge in [0.15, 0.2) is 0 Å². The third-order valence-corrected chi connectivity index (χ3v) is 2.77. The van der Waals surface area contributed by atoms with E-state index in [2.05, 4.69) is 28.1 Å². The predicted octanol–water partition coefficient (Wildman–Crippen LogP) is 2.37. The van der Waals surface area contributed by atoms with Gasteiger partial charge in [0.25, 0.3) is 0 Å². The molecule has 0 radical (unpaired) electrons. The summed E-state index contributed by atoms with van der Waals surface area (Å²) in [5.41, 5.74) is 1.78. The van der Waals surface area contributed by atoms with Crippen LogP contribution >= 0.6 is 0 Å². The van der Waals surface area contributed by atoms with Crippen LogP contribution in [0.3, 0.4) is 0 Å². The Morgan fingerprint density at radius 1 is 1.29 bits per heavy atom. The maximum atomic E-state index is 9.78. The standard InChI is InChI=1S/C14H20N2O/c1-14(2,17)10-16(3)9-11-8-15-13-7-5-4-6-12(11)13/h4-8,15,17H,9-10H2,1-3H3. The number of benzene rings is 1. The maximum absolute atomic E-state index is 9.78. The number of para-hydroxylation sites is 1. The zero-order chi connectivity index (χ0) is 12.5. The molecule has 0 unspecified atom stereocenters. The summed E-state index contributed by atoms with van der Waals surface area (Å²) in [6.07, 6.45) is 2.05. The molecule has 0 aliphatic carbocycles. The smallest absolute Gasteiger partial charge is 0.0718 e. The first-order chi connectivity index (χ1) is 7.96. The number of aromatic nitrogens is 1. The van der Waals surface area contributed by atoms with Crippen LogP contribution in [-0.2, 0) is 6.54 Å². The highest BCUT2D eigenvalue weighted by Gasteiger charge is 2.16. The van der Waals surface area contributed by atoms with E-state index in [-0.39, 0.29) is 0 Å². The third-order valence-electron chi connectivity index (χ3n) is 2.77. The lowest BCUT2D eigenvalue weighted by atomic mass is 10.1. The molecule has 1 aromatic heterocycles. The first-order valence-corrected chi connectivity index (χ1v) is 5.92. The predicted molar refractivity (Wildman–Crippen MR) is 70.9 cm³/mol. The summed E-state index contributed by atoms with van der Waals surface area (Å²) in [6.45, 7) is 5.16. The number of likely N-dealkylation sites (N-methyl/N-ethyl adjacent to an activating group) is 1. The van der Waals surface area contributed by atoms with Gasteiger partial charge in [0.2, 0.25) is 0 Å². The highest BCUT2D eigenvalue weighted by molar-refractivity contribution is 5.82. The molecule has 0 fully saturated rings. The summed E-state index contributed by atoms with van der Waals surface area (Å²) >= 11 is 0. The quantitative estimate of drug-likeness (QED) is 0.849. The Morgan fingerprint density at radius 3 is 2.71 bits per heavy atom. The van der Waals surface area contributed by atoms with Gasteiger partial charge in [0, 0.05) is 30.2 Å². The molecule has 1 heterocycles. The van der Waals surface area contributed by atoms with Crippen molar-refractivity contribution in [1.82, 2.24) is 9.88 Å². The molecule has 0 aliphatic rings. The summed E-state index contributed by atoms with van der Waals surface area (Å²) in [5, 5.41) is 11.0. The van der Waals surface area contributed by atoms with Crippen molar-refractivity contribution in [1.29, 1.82) is 0 Å². The Hall–Kier alpha value is -1.32. The van der Waals surface area contributed by atoms with E-state index in [0.717, 1.165) is 6.54 Å². The van der Waals surface area contributed by atoms with Gasteiger partial charge in [0.1, 0.15) is 0 Å². The van der Waals surface area contributed by atoms with Crippen LogP contribution in [0.25, 0.3) is 10.9 Å². The maximum Gasteiger partial charge on any atom is 0.0718 e. The van der Waals surface area contributed by atoms with E-state index in [1.165, 1.54) is 16.5 Å². The lowest BCUT2D eigenvalue weighted by Gasteiger charge is -2.25. The number of H-pyrrole nitrogens is 1. The van der Waals surface area contributed by atoms with E-state index in [1.807, 2.05) is 33.2 Å². The molecule has 0 saturated carbocycles. The number of aromatic amines is 1. The minimum absolute atomic E-state index is 0.652. The number of hydrogen-bond donors (Lipinski definition) is 2. The van der Waals surface area contributed by atoms with Crippen LogP contribution in [0.1, 0.15) is 19.4 Å². The molecular formula is C14H20N2O. The molecule has 0 bridgehead atoms. The van der Waals surface area contributed by atoms with Gasteiger partial charge in [-0.05, 0) is 32.5 Å². The van der Waals surface area contributed by atoms with Crippen LogP contribution in [0.2, 0.25) is 0 Å². The molecule has 2 rings (SSSR count). The monoisotopic (exact) mass is 232 g/mol. The first kappa shape index (κ1) is 12.1. The normalized spacial score (nSPS) is 12.5. The molecule has 2 N–H and O–H groups in total. The van der Waals surface area contributed by atoms with Gasteiger partial charge in [-0.15, -0.1) is 0 Å². The van der Waals surface area contributed by atoms with Gasteiger partial charge < -0.3 is 10.1 Å². The number of hydrogen-bond acceptors (Lipinski definition) is 2. The van der Waals surface area contributed by atoms with Crippen LogP contribution in [0.4, 0.5) is 0 Å². The van der Waals surface area contributed by atoms with Gasteiger partial charge >= 0.3 is 0 Å². The summed E-state index contributed by atoms with van der Waals surface area (Å²) < 4.78 is 0. The van der Waals surface area contributed by atoms with Crippen LogP contribution < -0.4 is 0 Å². The Labute approximate surface area is 102 Å². The van der Waals surface area contributed by atoms with E-state index in [0.29, 0.717) is 6.54 Å². The topological polar surface area (TPSA) is 39.3 Å². The van der Waals surface area contributed by atoms with Gasteiger partial charge in [-0.25, -0.2) is 0 Å². The molecule has 0 saturated heterocycles. The highest BCUT2D eigenvalue weighted by atomic mass is 16.3. The second-order valence-electron chi connectivity index (χ2n) is 5.34. The first-order valence-electron chi connectivity index (χ1n) is 5.92. The second kappa shape index (κ2) is 4.51. The average Bonchev–Trinajstić information content (AvgIpc) is 2.59. The fourth-order valence-electron chi connectivity index (χ4n) is 2.27. The third kappa shape index (κ3) is 3.08. The largest absolute Gasteiger partial charge is 0.389 e. The van der Waals surface area contributed by atoms with E-state index in [4.69, 9.17) is 0 Å². The zero-order valence-electron chi connectivity index (χ0n) is 10.7. The van der Waals surface area contributed by atoms with Crippen LogP contribution in [0, 0.1) is 0 Å². The molecule has 0 spiro atoms. The van der Waals surface area contributed by atoms with Crippen molar-refractivity contribution in [2.45, 2.75) is 26.0 Å². The van der Waals surface area contributed by atoms with Crippen molar-refractivity contribution in [2.24, 2.45) is 0 Å². The fraction of sp³-hybridized carbons (Fsp3) is 0.429. The molecule has 3 nitrogen and oxygen atoms in total. The van der Waals surface area contributed by atoms with Crippen molar-refractivity contribution < 1.29 is 5.11 Å². The summed E-state index contributed by atoms with van der Waals surface area (Å²) in [4.78, 5) is 5.40. The Bertz CT molecular complexity index is 496. The summed E-state index contributed by atoms with van der Waals surface area (Å²) in [7, 11) is 2.03. The minimum atomic E-state index is -0.652. The van der Waals surface area contributed by atoms with E-state index in [9.17, 15) is 5.11 Å². The van der Waals surface area contributed by atoms with E-state index in [1.54, 1.807) is 0 Å². The Balaban J connectivity index is 2.13. The van der Waals surface area contributed by atoms with Gasteiger partial charge in [-0.2, -0.15) is 0 Å². The van der Waals surface area contributed by atoms with Crippen molar-refractivity contribution in [3.8, 4) is 0 Å². The zero-order valence-corrected chi connectivity index (χ0v) is 10.7. The Morgan fingerprint density at radius 2 is 2.00 bits per heavy atom. The molecule has 0 aliphatic heterocycles. The highest BCUT2D eigenvalue weighted by Crippen LogP contribution is 2.19. The number of rotatable bonds is 4. The van der Waals surface area contributed by atoms with Crippen molar-refractivity contribution in [3.05, 3.63) is 36.0 Å². The van der Waals surface area contributed by atoms with Gasteiger partial charge in [-0.3, -0.25) is 4.90 Å². The fourth-order valence-corrected chi connectivity index (χ4v) is 2.27. The SMILES string of the molecule is CN(Cc1c[nH]c2ccccc12)CC(C)(C)O. The van der Waals surface area contributed by atoms with Crippen LogP contribution in [0.5, 0.6) is 0 Å². The average molecular weight is 232 g/mol. The van der Waals surface area contributed by atoms with Gasteiger partial charge in [0.05, 0.1) is 5.60 Å². The lowest BCUT2D eigenvalue weighted by molar-refractivity contribution is 0.0426. The number of nitrogens with one attached hydrogen (secondary N) is 1. The van der Waals surface area contributed by atoms with Crippen molar-refractivity contribution in [2.75, 3.05) is 13.6 Å². The number of aliphatic hydroxyl groups is 1. The molecule has 92 valence electrons. The van der Waals surface area contributed by atoms with Crippen molar-refractivity contribution in [3.63, 3.8) is 0 Å². The molecule has 2 aromatic rings. The molecular weight excluding hydrogens is 212 g/mol. The summed E-state index contributed by atoms with van der Waals surface area (Å²) in [6, 6.07) is 8.28. The molecule has 3 heteroatoms. The molecule has 0 atom stereocenters. The van der Waals surface area contributed by atoms with Crippen LogP contribution in [0.15, 0.2) is 30.5 Å². The summed E-state index contributed by atoms with van der Waals surface area (Å²) in [5.74, 6) is 0. The second-order valence-corrected chi connectivity index (χ2v) is 5.34. The Kier molecular flexibility index (Phi) is 3.22. The van der Waals surface area contributed by atoms with E-state index < -0.39 is 5.60 Å². The van der Waals surface area contributed by atoms with Gasteiger partial charge in [-0.1, -0.05) is 18.2 Å². The lowest BCUT2D eigenvalue weighted by Crippen LogP contribution is -2.35. The molecule has 1 aromatic carbocycles. The minimum Gasteiger partial charge on any atom is -0.389 e. The van der Waals surface area contributed by atoms with Crippen molar-refractivity contribution >= 4 is 10.9 Å². The molecule has 0 amide bonds. The number of fused-ring (bicyclic) bond motifs is 1. The molecule has 17 heavy (non-hydrogen) atoms.